The van der Waals surface area contributed by atoms with Gasteiger partial charge < -0.3 is 10.4 Å². The Bertz CT molecular complexity index is 1450. The predicted octanol–water partition coefficient (Wildman–Crippen LogP) is 4.49. The highest BCUT2D eigenvalue weighted by molar-refractivity contribution is 7.92. The maximum absolute atomic E-state index is 13.1. The van der Waals surface area contributed by atoms with Gasteiger partial charge in [0.2, 0.25) is 0 Å². The Hall–Kier alpha value is -3.98. The smallest absolute Gasteiger partial charge is 0.335 e. The molecule has 0 unspecified atom stereocenters. The van der Waals surface area contributed by atoms with Crippen LogP contribution in [0.15, 0.2) is 71.6 Å². The Kier molecular flexibility index (Phi) is 5.50. The number of aromatic carboxylic acids is 1. The minimum atomic E-state index is -3.94. The number of carbonyl (C=O) groups is 1. The number of anilines is 3. The lowest BCUT2D eigenvalue weighted by atomic mass is 10.1. The number of aromatic nitrogens is 2. The van der Waals surface area contributed by atoms with Crippen LogP contribution in [0.4, 0.5) is 17.3 Å². The van der Waals surface area contributed by atoms with E-state index in [0.29, 0.717) is 16.7 Å². The van der Waals surface area contributed by atoms with E-state index in [1.807, 2.05) is 13.8 Å². The molecule has 3 aromatic carbocycles. The number of carboxylic acid groups (broad SMARTS) is 1. The number of aryl methyl sites for hydroxylation is 2. The van der Waals surface area contributed by atoms with Crippen molar-refractivity contribution in [1.82, 2.24) is 9.97 Å². The Morgan fingerprint density at radius 3 is 2.19 bits per heavy atom. The summed E-state index contributed by atoms with van der Waals surface area (Å²) in [7, 11) is -3.94. The summed E-state index contributed by atoms with van der Waals surface area (Å²) in [6.45, 7) is 3.74. The molecule has 8 nitrogen and oxygen atoms in total. The number of hydrogen-bond acceptors (Lipinski definition) is 6. The first kappa shape index (κ1) is 21.3. The maximum Gasteiger partial charge on any atom is 0.335 e. The van der Waals surface area contributed by atoms with Gasteiger partial charge in [-0.1, -0.05) is 24.3 Å². The van der Waals surface area contributed by atoms with Gasteiger partial charge in [0, 0.05) is 5.69 Å². The maximum atomic E-state index is 13.1. The Morgan fingerprint density at radius 1 is 0.844 bits per heavy atom. The van der Waals surface area contributed by atoms with E-state index in [1.165, 1.54) is 18.2 Å². The van der Waals surface area contributed by atoms with Gasteiger partial charge >= 0.3 is 5.97 Å². The van der Waals surface area contributed by atoms with Crippen molar-refractivity contribution in [2.45, 2.75) is 18.7 Å². The topological polar surface area (TPSA) is 121 Å². The van der Waals surface area contributed by atoms with E-state index < -0.39 is 16.0 Å². The largest absolute Gasteiger partial charge is 0.478 e. The van der Waals surface area contributed by atoms with Crippen molar-refractivity contribution < 1.29 is 18.3 Å². The first-order valence-corrected chi connectivity index (χ1v) is 11.2. The number of hydrogen-bond donors (Lipinski definition) is 3. The van der Waals surface area contributed by atoms with Crippen LogP contribution in [0.2, 0.25) is 0 Å². The molecule has 0 saturated carbocycles. The highest BCUT2D eigenvalue weighted by atomic mass is 32.2. The summed E-state index contributed by atoms with van der Waals surface area (Å²) in [4.78, 5) is 20.4. The fraction of sp³-hybridized carbons (Fsp3) is 0.0870. The number of sulfonamides is 1. The molecule has 0 spiro atoms. The van der Waals surface area contributed by atoms with Crippen molar-refractivity contribution in [1.29, 1.82) is 0 Å². The molecule has 0 saturated heterocycles. The first-order valence-electron chi connectivity index (χ1n) is 9.70. The van der Waals surface area contributed by atoms with Crippen molar-refractivity contribution in [2.24, 2.45) is 0 Å². The average molecular weight is 449 g/mol. The molecular formula is C23H20N4O4S. The van der Waals surface area contributed by atoms with E-state index in [2.05, 4.69) is 20.0 Å². The van der Waals surface area contributed by atoms with E-state index >= 15 is 0 Å². The van der Waals surface area contributed by atoms with E-state index in [0.717, 1.165) is 11.1 Å². The van der Waals surface area contributed by atoms with E-state index in [-0.39, 0.29) is 22.1 Å². The average Bonchev–Trinajstić information content (AvgIpc) is 2.76. The molecule has 0 aliphatic carbocycles. The van der Waals surface area contributed by atoms with Gasteiger partial charge in [-0.15, -0.1) is 0 Å². The Labute approximate surface area is 185 Å². The van der Waals surface area contributed by atoms with Gasteiger partial charge in [0.05, 0.1) is 21.5 Å². The number of benzene rings is 3. The van der Waals surface area contributed by atoms with Crippen molar-refractivity contribution in [3.05, 3.63) is 83.4 Å². The van der Waals surface area contributed by atoms with Gasteiger partial charge in [0.1, 0.15) is 0 Å². The van der Waals surface area contributed by atoms with Gasteiger partial charge in [0.25, 0.3) is 10.0 Å². The third-order valence-corrected chi connectivity index (χ3v) is 6.30. The molecule has 32 heavy (non-hydrogen) atoms. The van der Waals surface area contributed by atoms with Gasteiger partial charge in [-0.2, -0.15) is 0 Å². The summed E-state index contributed by atoms with van der Waals surface area (Å²) in [5.41, 5.74) is 3.41. The first-order chi connectivity index (χ1) is 15.2. The second-order valence-corrected chi connectivity index (χ2v) is 8.95. The third kappa shape index (κ3) is 4.37. The molecule has 0 atom stereocenters. The SMILES string of the molecule is Cc1ccc(S(=O)(=O)Nc2nc3ccccc3nc2Nc2cccc(C(=O)O)c2)cc1C. The molecule has 0 aliphatic heterocycles. The van der Waals surface area contributed by atoms with Crippen LogP contribution in [0.5, 0.6) is 0 Å². The van der Waals surface area contributed by atoms with Crippen molar-refractivity contribution in [3.63, 3.8) is 0 Å². The molecule has 9 heteroatoms. The highest BCUT2D eigenvalue weighted by Gasteiger charge is 2.20. The molecule has 0 aliphatic rings. The van der Waals surface area contributed by atoms with Crippen LogP contribution in [-0.4, -0.2) is 29.5 Å². The molecule has 0 radical (unpaired) electrons. The third-order valence-electron chi connectivity index (χ3n) is 4.96. The van der Waals surface area contributed by atoms with Crippen LogP contribution in [0, 0.1) is 13.8 Å². The van der Waals surface area contributed by atoms with Crippen LogP contribution in [-0.2, 0) is 10.0 Å². The van der Waals surface area contributed by atoms with Crippen LogP contribution >= 0.6 is 0 Å². The van der Waals surface area contributed by atoms with Crippen molar-refractivity contribution in [3.8, 4) is 0 Å². The zero-order valence-corrected chi connectivity index (χ0v) is 18.1. The normalized spacial score (nSPS) is 11.3. The molecule has 162 valence electrons. The summed E-state index contributed by atoms with van der Waals surface area (Å²) in [6.07, 6.45) is 0. The molecule has 0 amide bonds. The summed E-state index contributed by atoms with van der Waals surface area (Å²) in [5, 5.41) is 12.2. The number of carboxylic acids is 1. The number of nitrogens with zero attached hydrogens (tertiary/aromatic N) is 2. The van der Waals surface area contributed by atoms with Crippen LogP contribution < -0.4 is 10.0 Å². The monoisotopic (exact) mass is 448 g/mol. The molecule has 4 rings (SSSR count). The number of fused-ring (bicyclic) bond motifs is 1. The zero-order valence-electron chi connectivity index (χ0n) is 17.3. The zero-order chi connectivity index (χ0) is 22.9. The van der Waals surface area contributed by atoms with E-state index in [1.54, 1.807) is 48.5 Å². The minimum absolute atomic E-state index is 0.00246. The number of rotatable bonds is 6. The van der Waals surface area contributed by atoms with Crippen LogP contribution in [0.3, 0.4) is 0 Å². The van der Waals surface area contributed by atoms with Gasteiger partial charge in [0.15, 0.2) is 11.6 Å². The second-order valence-electron chi connectivity index (χ2n) is 7.27. The van der Waals surface area contributed by atoms with Crippen molar-refractivity contribution >= 4 is 44.3 Å². The molecule has 1 aromatic heterocycles. The molecule has 0 bridgehead atoms. The quantitative estimate of drug-likeness (QED) is 0.397. The lowest BCUT2D eigenvalue weighted by Crippen LogP contribution is -2.16. The summed E-state index contributed by atoms with van der Waals surface area (Å²) < 4.78 is 28.6. The van der Waals surface area contributed by atoms with Crippen LogP contribution in [0.25, 0.3) is 11.0 Å². The molecule has 4 aromatic rings. The summed E-state index contributed by atoms with van der Waals surface area (Å²) in [6, 6.07) is 18.1. The van der Waals surface area contributed by atoms with Crippen LogP contribution in [0.1, 0.15) is 21.5 Å². The van der Waals surface area contributed by atoms with E-state index in [4.69, 9.17) is 0 Å². The van der Waals surface area contributed by atoms with Crippen molar-refractivity contribution in [2.75, 3.05) is 10.0 Å². The number of nitrogens with one attached hydrogen (secondary N) is 2. The van der Waals surface area contributed by atoms with Gasteiger partial charge in [-0.05, 0) is 67.4 Å². The fourth-order valence-corrected chi connectivity index (χ4v) is 4.19. The Balaban J connectivity index is 1.78. The molecular weight excluding hydrogens is 428 g/mol. The predicted molar refractivity (Wildman–Crippen MR) is 123 cm³/mol. The van der Waals surface area contributed by atoms with Gasteiger partial charge in [-0.25, -0.2) is 23.2 Å². The fourth-order valence-electron chi connectivity index (χ4n) is 3.09. The summed E-state index contributed by atoms with van der Waals surface area (Å²) in [5.74, 6) is -0.921. The lowest BCUT2D eigenvalue weighted by molar-refractivity contribution is 0.0697. The number of para-hydroxylation sites is 2. The highest BCUT2D eigenvalue weighted by Crippen LogP contribution is 2.28. The van der Waals surface area contributed by atoms with Gasteiger partial charge in [-0.3, -0.25) is 4.72 Å². The molecule has 3 N–H and O–H groups in total. The van der Waals surface area contributed by atoms with E-state index in [9.17, 15) is 18.3 Å². The minimum Gasteiger partial charge on any atom is -0.478 e. The lowest BCUT2D eigenvalue weighted by Gasteiger charge is -2.14. The summed E-state index contributed by atoms with van der Waals surface area (Å²) >= 11 is 0. The Morgan fingerprint density at radius 2 is 1.53 bits per heavy atom. The second kappa shape index (κ2) is 8.27. The molecule has 1 heterocycles. The standard InChI is InChI=1S/C23H20N4O4S/c1-14-10-11-18(12-15(14)2)32(30,31)27-22-21(25-19-8-3-4-9-20(19)26-22)24-17-7-5-6-16(13-17)23(28)29/h3-13H,1-2H3,(H,24,25)(H,26,27)(H,28,29). The molecule has 0 fully saturated rings.